The number of carbonyl (C=O) groups excluding carboxylic acids is 1. The Morgan fingerprint density at radius 1 is 1.62 bits per heavy atom. The summed E-state index contributed by atoms with van der Waals surface area (Å²) >= 11 is 5.74. The number of rotatable bonds is 3. The van der Waals surface area contributed by atoms with Crippen molar-refractivity contribution in [2.45, 2.75) is 13.3 Å². The van der Waals surface area contributed by atoms with E-state index in [1.54, 1.807) is 12.1 Å². The number of nitrogens with one attached hydrogen (secondary N) is 2. The number of nitrogens with zero attached hydrogens (tertiary/aromatic N) is 1. The molecule has 0 aliphatic carbocycles. The van der Waals surface area contributed by atoms with Crippen LogP contribution in [-0.2, 0) is 4.79 Å². The molecule has 0 unspecified atom stereocenters. The first-order chi connectivity index (χ1) is 7.65. The fraction of sp³-hybridized carbons (Fsp3) is 0.455. The van der Waals surface area contributed by atoms with Gasteiger partial charge in [-0.05, 0) is 38.1 Å². The van der Waals surface area contributed by atoms with Crippen molar-refractivity contribution in [2.75, 3.05) is 18.4 Å². The molecule has 1 saturated heterocycles. The molecule has 0 atom stereocenters. The molecule has 2 heterocycles. The zero-order valence-electron chi connectivity index (χ0n) is 9.09. The Labute approximate surface area is 99.4 Å². The Hall–Kier alpha value is -1.13. The summed E-state index contributed by atoms with van der Waals surface area (Å²) in [5, 5.41) is 6.43. The molecular weight excluding hydrogens is 226 g/mol. The molecule has 0 aromatic carbocycles. The lowest BCUT2D eigenvalue weighted by atomic mass is 9.99. The van der Waals surface area contributed by atoms with Crippen LogP contribution in [0.15, 0.2) is 12.1 Å². The first kappa shape index (κ1) is 11.4. The molecule has 0 radical (unpaired) electrons. The minimum absolute atomic E-state index is 0.0405. The number of halogens is 1. The lowest BCUT2D eigenvalue weighted by Gasteiger charge is -2.26. The fourth-order valence-electron chi connectivity index (χ4n) is 1.62. The number of anilines is 1. The van der Waals surface area contributed by atoms with Crippen molar-refractivity contribution in [1.82, 2.24) is 10.3 Å². The Morgan fingerprint density at radius 3 is 2.94 bits per heavy atom. The van der Waals surface area contributed by atoms with E-state index >= 15 is 0 Å². The largest absolute Gasteiger partial charge is 0.324 e. The van der Waals surface area contributed by atoms with Gasteiger partial charge in [0.1, 0.15) is 5.15 Å². The van der Waals surface area contributed by atoms with Gasteiger partial charge in [0, 0.05) is 6.42 Å². The predicted molar refractivity (Wildman–Crippen MR) is 63.6 cm³/mol. The van der Waals surface area contributed by atoms with Crippen molar-refractivity contribution in [1.29, 1.82) is 0 Å². The quantitative estimate of drug-likeness (QED) is 0.788. The van der Waals surface area contributed by atoms with Gasteiger partial charge in [-0.2, -0.15) is 0 Å². The van der Waals surface area contributed by atoms with Crippen molar-refractivity contribution in [3.63, 3.8) is 0 Å². The highest BCUT2D eigenvalue weighted by Gasteiger charge is 2.20. The highest BCUT2D eigenvalue weighted by molar-refractivity contribution is 6.29. The Morgan fingerprint density at radius 2 is 2.38 bits per heavy atom. The third-order valence-corrected chi connectivity index (χ3v) is 2.88. The number of hydrogen-bond acceptors (Lipinski definition) is 3. The van der Waals surface area contributed by atoms with E-state index in [0.29, 0.717) is 17.5 Å². The van der Waals surface area contributed by atoms with Crippen LogP contribution in [0.25, 0.3) is 0 Å². The van der Waals surface area contributed by atoms with Crippen LogP contribution in [0, 0.1) is 12.8 Å². The second-order valence-corrected chi connectivity index (χ2v) is 4.43. The molecule has 0 bridgehead atoms. The van der Waals surface area contributed by atoms with Gasteiger partial charge in [-0.15, -0.1) is 0 Å². The average Bonchev–Trinajstić information content (AvgIpc) is 2.16. The topological polar surface area (TPSA) is 54.0 Å². The number of aryl methyl sites for hydroxylation is 1. The third-order valence-electron chi connectivity index (χ3n) is 2.67. The van der Waals surface area contributed by atoms with Crippen molar-refractivity contribution in [3.05, 3.63) is 23.0 Å². The van der Waals surface area contributed by atoms with Gasteiger partial charge in [0.15, 0.2) is 0 Å². The molecule has 86 valence electrons. The Bertz CT molecular complexity index is 404. The van der Waals surface area contributed by atoms with Gasteiger partial charge in [0.05, 0.1) is 11.4 Å². The van der Waals surface area contributed by atoms with Crippen LogP contribution in [0.2, 0.25) is 5.15 Å². The molecule has 1 aromatic rings. The first-order valence-electron chi connectivity index (χ1n) is 5.29. The summed E-state index contributed by atoms with van der Waals surface area (Å²) in [5.41, 5.74) is 1.48. The van der Waals surface area contributed by atoms with Gasteiger partial charge in [-0.25, -0.2) is 4.98 Å². The molecule has 5 heteroatoms. The van der Waals surface area contributed by atoms with Crippen LogP contribution in [0.3, 0.4) is 0 Å². The number of hydrogen-bond donors (Lipinski definition) is 2. The SMILES string of the molecule is Cc1nc(Cl)ccc1NC(=O)CC1CNC1. The lowest BCUT2D eigenvalue weighted by molar-refractivity contribution is -0.117. The maximum atomic E-state index is 11.7. The van der Waals surface area contributed by atoms with Crippen LogP contribution in [0.1, 0.15) is 12.1 Å². The van der Waals surface area contributed by atoms with Gasteiger partial charge in [-0.1, -0.05) is 11.6 Å². The monoisotopic (exact) mass is 239 g/mol. The van der Waals surface area contributed by atoms with E-state index in [2.05, 4.69) is 15.6 Å². The Kier molecular flexibility index (Phi) is 3.41. The van der Waals surface area contributed by atoms with E-state index in [1.165, 1.54) is 0 Å². The van der Waals surface area contributed by atoms with Crippen molar-refractivity contribution < 1.29 is 4.79 Å². The van der Waals surface area contributed by atoms with E-state index in [4.69, 9.17) is 11.6 Å². The molecule has 4 nitrogen and oxygen atoms in total. The summed E-state index contributed by atoms with van der Waals surface area (Å²) < 4.78 is 0. The van der Waals surface area contributed by atoms with Crippen LogP contribution >= 0.6 is 11.6 Å². The smallest absolute Gasteiger partial charge is 0.224 e. The summed E-state index contributed by atoms with van der Waals surface area (Å²) in [6, 6.07) is 3.46. The van der Waals surface area contributed by atoms with Crippen LogP contribution in [0.5, 0.6) is 0 Å². The van der Waals surface area contributed by atoms with Gasteiger partial charge in [0.2, 0.25) is 5.91 Å². The molecule has 2 N–H and O–H groups in total. The average molecular weight is 240 g/mol. The maximum absolute atomic E-state index is 11.7. The zero-order chi connectivity index (χ0) is 11.5. The lowest BCUT2D eigenvalue weighted by Crippen LogP contribution is -2.43. The molecule has 1 aliphatic rings. The summed E-state index contributed by atoms with van der Waals surface area (Å²) in [6.07, 6.45) is 0.565. The van der Waals surface area contributed by atoms with Gasteiger partial charge >= 0.3 is 0 Å². The Balaban J connectivity index is 1.94. The molecule has 1 fully saturated rings. The number of amides is 1. The standard InChI is InChI=1S/C11H14ClN3O/c1-7-9(2-3-10(12)14-7)15-11(16)4-8-5-13-6-8/h2-3,8,13H,4-6H2,1H3,(H,15,16). The van der Waals surface area contributed by atoms with Crippen LogP contribution < -0.4 is 10.6 Å². The zero-order valence-corrected chi connectivity index (χ0v) is 9.84. The number of pyridine rings is 1. The summed E-state index contributed by atoms with van der Waals surface area (Å²) in [4.78, 5) is 15.7. The predicted octanol–water partition coefficient (Wildman–Crippen LogP) is 1.59. The minimum atomic E-state index is 0.0405. The van der Waals surface area contributed by atoms with E-state index < -0.39 is 0 Å². The highest BCUT2D eigenvalue weighted by Crippen LogP contribution is 2.17. The normalized spacial score (nSPS) is 15.6. The third kappa shape index (κ3) is 2.71. The van der Waals surface area contributed by atoms with Crippen molar-refractivity contribution >= 4 is 23.2 Å². The van der Waals surface area contributed by atoms with E-state index in [0.717, 1.165) is 24.5 Å². The highest BCUT2D eigenvalue weighted by atomic mass is 35.5. The number of aromatic nitrogens is 1. The molecule has 2 rings (SSSR count). The van der Waals surface area contributed by atoms with Crippen molar-refractivity contribution in [2.24, 2.45) is 5.92 Å². The molecule has 16 heavy (non-hydrogen) atoms. The molecule has 0 saturated carbocycles. The van der Waals surface area contributed by atoms with Crippen molar-refractivity contribution in [3.8, 4) is 0 Å². The maximum Gasteiger partial charge on any atom is 0.224 e. The molecule has 1 amide bonds. The van der Waals surface area contributed by atoms with Crippen LogP contribution in [-0.4, -0.2) is 24.0 Å². The fourth-order valence-corrected chi connectivity index (χ4v) is 1.81. The summed E-state index contributed by atoms with van der Waals surface area (Å²) in [6.45, 7) is 3.70. The molecule has 1 aliphatic heterocycles. The second-order valence-electron chi connectivity index (χ2n) is 4.04. The molecule has 0 spiro atoms. The molecular formula is C11H14ClN3O. The summed E-state index contributed by atoms with van der Waals surface area (Å²) in [7, 11) is 0. The van der Waals surface area contributed by atoms with E-state index in [1.807, 2.05) is 6.92 Å². The first-order valence-corrected chi connectivity index (χ1v) is 5.66. The summed E-state index contributed by atoms with van der Waals surface area (Å²) in [5.74, 6) is 0.513. The van der Waals surface area contributed by atoms with E-state index in [9.17, 15) is 4.79 Å². The molecule has 1 aromatic heterocycles. The van der Waals surface area contributed by atoms with Crippen LogP contribution in [0.4, 0.5) is 5.69 Å². The minimum Gasteiger partial charge on any atom is -0.324 e. The number of carbonyl (C=O) groups is 1. The van der Waals surface area contributed by atoms with E-state index in [-0.39, 0.29) is 5.91 Å². The second kappa shape index (κ2) is 4.80. The van der Waals surface area contributed by atoms with Gasteiger partial charge in [0.25, 0.3) is 0 Å². The van der Waals surface area contributed by atoms with Gasteiger partial charge in [-0.3, -0.25) is 4.79 Å². The van der Waals surface area contributed by atoms with Gasteiger partial charge < -0.3 is 10.6 Å².